The molecule has 1 fully saturated rings. The van der Waals surface area contributed by atoms with Gasteiger partial charge >= 0.3 is 0 Å². The van der Waals surface area contributed by atoms with Crippen molar-refractivity contribution in [1.29, 1.82) is 0 Å². The fourth-order valence-corrected chi connectivity index (χ4v) is 4.84. The SMILES string of the molecule is C[C@@H](Oc1ccc2n[nH]c(/C=C(\F)c3ccc(C(=O)N4CCNCC4)nc3)c2c1)c1c(Cl)cncc1Cl. The van der Waals surface area contributed by atoms with Gasteiger partial charge in [0.25, 0.3) is 5.91 Å². The molecule has 11 heteroatoms. The Morgan fingerprint density at radius 1 is 1.14 bits per heavy atom. The lowest BCUT2D eigenvalue weighted by molar-refractivity contribution is 0.0730. The van der Waals surface area contributed by atoms with Crippen LogP contribution in [0, 0.1) is 0 Å². The maximum absolute atomic E-state index is 15.1. The van der Waals surface area contributed by atoms with Gasteiger partial charge in [0.2, 0.25) is 0 Å². The molecule has 1 aliphatic heterocycles. The first-order valence-corrected chi connectivity index (χ1v) is 12.4. The molecule has 2 N–H and O–H groups in total. The van der Waals surface area contributed by atoms with Crippen LogP contribution in [0.4, 0.5) is 4.39 Å². The van der Waals surface area contributed by atoms with E-state index in [0.29, 0.717) is 51.0 Å². The van der Waals surface area contributed by atoms with Crippen LogP contribution in [-0.4, -0.2) is 57.2 Å². The Bertz CT molecular complexity index is 1450. The number of H-pyrrole nitrogens is 1. The van der Waals surface area contributed by atoms with Crippen LogP contribution in [0.3, 0.4) is 0 Å². The molecule has 3 aromatic heterocycles. The number of aromatic amines is 1. The summed E-state index contributed by atoms with van der Waals surface area (Å²) in [6, 6.07) is 8.40. The Kier molecular flexibility index (Phi) is 7.36. The number of hydrogen-bond donors (Lipinski definition) is 2. The number of ether oxygens (including phenoxy) is 1. The summed E-state index contributed by atoms with van der Waals surface area (Å²) in [5.41, 5.74) is 2.28. The molecular weight excluding hydrogens is 518 g/mol. The predicted octanol–water partition coefficient (Wildman–Crippen LogP) is 5.31. The molecule has 0 saturated carbocycles. The van der Waals surface area contributed by atoms with Gasteiger partial charge in [-0.1, -0.05) is 23.2 Å². The molecule has 0 aliphatic carbocycles. The van der Waals surface area contributed by atoms with Crippen molar-refractivity contribution in [3.05, 3.63) is 81.5 Å². The van der Waals surface area contributed by atoms with E-state index in [1.54, 1.807) is 35.2 Å². The van der Waals surface area contributed by atoms with Crippen molar-refractivity contribution in [2.24, 2.45) is 0 Å². The summed E-state index contributed by atoms with van der Waals surface area (Å²) in [6.07, 6.45) is 5.27. The van der Waals surface area contributed by atoms with Crippen molar-refractivity contribution < 1.29 is 13.9 Å². The Hall–Kier alpha value is -3.53. The summed E-state index contributed by atoms with van der Waals surface area (Å²) in [5, 5.41) is 11.8. The molecule has 0 bridgehead atoms. The number of rotatable bonds is 6. The van der Waals surface area contributed by atoms with E-state index in [1.807, 2.05) is 6.92 Å². The highest BCUT2D eigenvalue weighted by Crippen LogP contribution is 2.34. The van der Waals surface area contributed by atoms with E-state index in [-0.39, 0.29) is 17.2 Å². The van der Waals surface area contributed by atoms with Gasteiger partial charge in [-0.05, 0) is 37.3 Å². The van der Waals surface area contributed by atoms with Gasteiger partial charge in [0.15, 0.2) is 0 Å². The Labute approximate surface area is 222 Å². The molecule has 1 atom stereocenters. The quantitative estimate of drug-likeness (QED) is 0.344. The van der Waals surface area contributed by atoms with E-state index in [9.17, 15) is 4.79 Å². The molecule has 190 valence electrons. The minimum Gasteiger partial charge on any atom is -0.486 e. The average molecular weight is 541 g/mol. The monoisotopic (exact) mass is 540 g/mol. The van der Waals surface area contributed by atoms with Crippen molar-refractivity contribution in [3.8, 4) is 5.75 Å². The summed E-state index contributed by atoms with van der Waals surface area (Å²) in [7, 11) is 0. The molecule has 8 nitrogen and oxygen atoms in total. The van der Waals surface area contributed by atoms with Gasteiger partial charge in [-0.2, -0.15) is 5.10 Å². The topological polar surface area (TPSA) is 96.0 Å². The van der Waals surface area contributed by atoms with Crippen molar-refractivity contribution in [1.82, 2.24) is 30.4 Å². The highest BCUT2D eigenvalue weighted by Gasteiger charge is 2.20. The van der Waals surface area contributed by atoms with Gasteiger partial charge < -0.3 is 15.0 Å². The number of fused-ring (bicyclic) bond motifs is 1. The van der Waals surface area contributed by atoms with E-state index in [4.69, 9.17) is 27.9 Å². The molecule has 1 aliphatic rings. The zero-order valence-corrected chi connectivity index (χ0v) is 21.4. The number of benzene rings is 1. The highest BCUT2D eigenvalue weighted by molar-refractivity contribution is 6.35. The van der Waals surface area contributed by atoms with Crippen molar-refractivity contribution in [2.75, 3.05) is 26.2 Å². The second-order valence-corrected chi connectivity index (χ2v) is 9.37. The van der Waals surface area contributed by atoms with Crippen LogP contribution < -0.4 is 10.1 Å². The van der Waals surface area contributed by atoms with Crippen LogP contribution in [0.2, 0.25) is 10.0 Å². The van der Waals surface area contributed by atoms with Crippen molar-refractivity contribution >= 4 is 51.9 Å². The van der Waals surface area contributed by atoms with Crippen LogP contribution >= 0.6 is 23.2 Å². The van der Waals surface area contributed by atoms with Crippen LogP contribution in [0.1, 0.15) is 40.3 Å². The first kappa shape index (κ1) is 25.1. The zero-order valence-electron chi connectivity index (χ0n) is 19.8. The number of halogens is 3. The maximum atomic E-state index is 15.1. The number of hydrogen-bond acceptors (Lipinski definition) is 6. The number of carbonyl (C=O) groups is 1. The highest BCUT2D eigenvalue weighted by atomic mass is 35.5. The fourth-order valence-electron chi connectivity index (χ4n) is 4.17. The van der Waals surface area contributed by atoms with Crippen LogP contribution in [-0.2, 0) is 0 Å². The van der Waals surface area contributed by atoms with Gasteiger partial charge in [-0.3, -0.25) is 19.9 Å². The van der Waals surface area contributed by atoms with E-state index < -0.39 is 11.9 Å². The third-order valence-electron chi connectivity index (χ3n) is 6.10. The smallest absolute Gasteiger partial charge is 0.272 e. The second-order valence-electron chi connectivity index (χ2n) is 8.56. The van der Waals surface area contributed by atoms with E-state index >= 15 is 4.39 Å². The fraction of sp³-hybridized carbons (Fsp3) is 0.231. The van der Waals surface area contributed by atoms with Crippen LogP contribution in [0.25, 0.3) is 22.8 Å². The predicted molar refractivity (Wildman–Crippen MR) is 141 cm³/mol. The first-order valence-electron chi connectivity index (χ1n) is 11.7. The number of piperazine rings is 1. The lowest BCUT2D eigenvalue weighted by Gasteiger charge is -2.27. The van der Waals surface area contributed by atoms with Crippen LogP contribution in [0.5, 0.6) is 5.75 Å². The molecule has 4 heterocycles. The number of carbonyl (C=O) groups excluding carboxylic acids is 1. The molecule has 0 radical (unpaired) electrons. The molecule has 4 aromatic rings. The van der Waals surface area contributed by atoms with Gasteiger partial charge in [-0.15, -0.1) is 0 Å². The number of amides is 1. The molecule has 0 spiro atoms. The van der Waals surface area contributed by atoms with E-state index in [2.05, 4.69) is 25.5 Å². The van der Waals surface area contributed by atoms with Gasteiger partial charge in [0.1, 0.15) is 23.4 Å². The van der Waals surface area contributed by atoms with Gasteiger partial charge in [0, 0.05) is 67.4 Å². The van der Waals surface area contributed by atoms with Crippen molar-refractivity contribution in [2.45, 2.75) is 13.0 Å². The first-order chi connectivity index (χ1) is 17.9. The van der Waals surface area contributed by atoms with Gasteiger partial charge in [0.05, 0.1) is 21.3 Å². The summed E-state index contributed by atoms with van der Waals surface area (Å²) in [6.45, 7) is 4.57. The average Bonchev–Trinajstić information content (AvgIpc) is 3.30. The largest absolute Gasteiger partial charge is 0.486 e. The Morgan fingerprint density at radius 2 is 1.89 bits per heavy atom. The summed E-state index contributed by atoms with van der Waals surface area (Å²) < 4.78 is 21.2. The van der Waals surface area contributed by atoms with Crippen molar-refractivity contribution in [3.63, 3.8) is 0 Å². The second kappa shape index (κ2) is 10.8. The minimum absolute atomic E-state index is 0.159. The lowest BCUT2D eigenvalue weighted by Crippen LogP contribution is -2.46. The molecule has 1 amide bonds. The van der Waals surface area contributed by atoms with Gasteiger partial charge in [-0.25, -0.2) is 4.39 Å². The number of aromatic nitrogens is 4. The van der Waals surface area contributed by atoms with E-state index in [1.165, 1.54) is 24.7 Å². The zero-order chi connectivity index (χ0) is 25.9. The maximum Gasteiger partial charge on any atom is 0.272 e. The van der Waals surface area contributed by atoms with Crippen LogP contribution in [0.15, 0.2) is 48.9 Å². The normalized spacial score (nSPS) is 15.1. The molecule has 1 aromatic carbocycles. The number of nitrogens with zero attached hydrogens (tertiary/aromatic N) is 4. The summed E-state index contributed by atoms with van der Waals surface area (Å²) in [5.74, 6) is -0.139. The molecular formula is C26H23Cl2FN6O2. The molecule has 5 rings (SSSR count). The Morgan fingerprint density at radius 3 is 2.59 bits per heavy atom. The van der Waals surface area contributed by atoms with E-state index in [0.717, 1.165) is 13.1 Å². The molecule has 37 heavy (non-hydrogen) atoms. The summed E-state index contributed by atoms with van der Waals surface area (Å²) >= 11 is 12.5. The summed E-state index contributed by atoms with van der Waals surface area (Å²) in [4.78, 5) is 22.5. The third-order valence-corrected chi connectivity index (χ3v) is 6.70. The molecule has 0 unspecified atom stereocenters. The third kappa shape index (κ3) is 5.44. The number of pyridine rings is 2. The molecule has 1 saturated heterocycles. The number of nitrogens with one attached hydrogen (secondary N) is 2. The lowest BCUT2D eigenvalue weighted by atomic mass is 10.1. The standard InChI is InChI=1S/C26H23Cl2FN6O2/c1-15(25-19(27)13-31-14-20(25)28)37-17-3-5-22-18(10-17)24(34-33-22)11-21(29)16-2-4-23(32-12-16)26(36)35-8-6-30-7-9-35/h2-5,10-15,30H,6-9H2,1H3,(H,33,34)/b21-11-/t15-/m1/s1. The Balaban J connectivity index is 1.35. The minimum atomic E-state index is -0.519.